The highest BCUT2D eigenvalue weighted by molar-refractivity contribution is 6.02. The van der Waals surface area contributed by atoms with E-state index in [1.165, 1.54) is 13.8 Å². The largest absolute Gasteiger partial charge is 0.481 e. The minimum absolute atomic E-state index is 0.00177. The van der Waals surface area contributed by atoms with Crippen molar-refractivity contribution in [3.05, 3.63) is 0 Å². The van der Waals surface area contributed by atoms with E-state index >= 15 is 0 Å². The van der Waals surface area contributed by atoms with E-state index in [1.807, 2.05) is 21.3 Å². The van der Waals surface area contributed by atoms with Crippen LogP contribution in [0.3, 0.4) is 0 Å². The molecule has 0 aliphatic carbocycles. The summed E-state index contributed by atoms with van der Waals surface area (Å²) in [5.41, 5.74) is 42.9. The van der Waals surface area contributed by atoms with Gasteiger partial charge < -0.3 is 146 Å². The number of guanidine groups is 2. The Morgan fingerprint density at radius 3 is 1.04 bits per heavy atom. The van der Waals surface area contributed by atoms with Crippen LogP contribution < -0.4 is 126 Å². The molecule has 0 saturated heterocycles. The van der Waals surface area contributed by atoms with Gasteiger partial charge >= 0.3 is 23.9 Å². The number of primary amides is 3. The number of nitrogens with zero attached hydrogens (tertiary/aromatic N) is 2. The molecule has 0 radical (unpaired) electrons. The highest BCUT2D eigenvalue weighted by Gasteiger charge is 2.39. The Morgan fingerprint density at radius 1 is 0.320 bits per heavy atom. The first-order valence-electron chi connectivity index (χ1n) is 38.9. The molecule has 18 amide bonds. The Labute approximate surface area is 701 Å². The zero-order valence-corrected chi connectivity index (χ0v) is 69.4. The molecular formula is C71H121N25O26. The Hall–Kier alpha value is -13.2. The number of rotatable bonds is 61. The molecule has 51 nitrogen and oxygen atoms in total. The van der Waals surface area contributed by atoms with Gasteiger partial charge in [-0.1, -0.05) is 68.2 Å². The van der Waals surface area contributed by atoms with Crippen molar-refractivity contribution >= 4 is 142 Å². The van der Waals surface area contributed by atoms with Crippen molar-refractivity contribution in [2.75, 3.05) is 32.7 Å². The number of carbonyl (C=O) groups is 22. The van der Waals surface area contributed by atoms with Crippen LogP contribution in [0, 0.1) is 23.7 Å². The monoisotopic (exact) mass is 1740 g/mol. The molecule has 0 bridgehead atoms. The van der Waals surface area contributed by atoms with Gasteiger partial charge in [0.05, 0.1) is 38.9 Å². The van der Waals surface area contributed by atoms with E-state index in [1.54, 1.807) is 48.5 Å². The molecular weight excluding hydrogens is 1620 g/mol. The van der Waals surface area contributed by atoms with Crippen LogP contribution in [0.2, 0.25) is 0 Å². The normalized spacial score (nSPS) is 14.6. The predicted molar refractivity (Wildman–Crippen MR) is 429 cm³/mol. The minimum Gasteiger partial charge on any atom is -0.481 e. The number of amides is 18. The van der Waals surface area contributed by atoms with Crippen molar-refractivity contribution in [2.45, 2.75) is 244 Å². The first kappa shape index (κ1) is 109. The molecule has 122 heavy (non-hydrogen) atoms. The molecule has 0 fully saturated rings. The van der Waals surface area contributed by atoms with Crippen LogP contribution in [-0.2, 0) is 105 Å². The Bertz CT molecular complexity index is 3760. The fourth-order valence-electron chi connectivity index (χ4n) is 11.1. The Morgan fingerprint density at radius 2 is 0.648 bits per heavy atom. The van der Waals surface area contributed by atoms with Gasteiger partial charge in [-0.3, -0.25) is 111 Å². The summed E-state index contributed by atoms with van der Waals surface area (Å²) in [6.45, 7) is 11.5. The third-order valence-electron chi connectivity index (χ3n) is 18.1. The van der Waals surface area contributed by atoms with Gasteiger partial charge in [-0.25, -0.2) is 4.79 Å². The molecule has 35 N–H and O–H groups in total. The second-order valence-electron chi connectivity index (χ2n) is 29.2. The number of aliphatic imine (C=N–C) groups is 2. The van der Waals surface area contributed by atoms with E-state index in [0.717, 1.165) is 0 Å². The number of nitrogens with two attached hydrogens (primary N) is 8. The number of nitrogens with one attached hydrogen (secondary N) is 15. The highest BCUT2D eigenvalue weighted by Crippen LogP contribution is 2.16. The van der Waals surface area contributed by atoms with Crippen molar-refractivity contribution in [3.63, 3.8) is 0 Å². The van der Waals surface area contributed by atoms with Crippen molar-refractivity contribution in [1.29, 1.82) is 0 Å². The summed E-state index contributed by atoms with van der Waals surface area (Å²) in [7, 11) is 0. The summed E-state index contributed by atoms with van der Waals surface area (Å²) in [5, 5.41) is 73.3. The van der Waals surface area contributed by atoms with E-state index < -0.39 is 291 Å². The summed E-state index contributed by atoms with van der Waals surface area (Å²) in [5.74, 6) is -29.5. The number of carbonyl (C=O) groups excluding carboxylic acids is 18. The van der Waals surface area contributed by atoms with E-state index in [9.17, 15) is 126 Å². The van der Waals surface area contributed by atoms with Gasteiger partial charge in [0.15, 0.2) is 11.9 Å². The van der Waals surface area contributed by atoms with Crippen molar-refractivity contribution in [1.82, 2.24) is 79.8 Å². The second kappa shape index (κ2) is 56.3. The average molecular weight is 1740 g/mol. The van der Waals surface area contributed by atoms with E-state index in [2.05, 4.69) is 68.5 Å². The second-order valence-corrected chi connectivity index (χ2v) is 29.2. The van der Waals surface area contributed by atoms with Crippen LogP contribution in [0.5, 0.6) is 0 Å². The smallest absolute Gasteiger partial charge is 0.326 e. The first-order valence-corrected chi connectivity index (χ1v) is 38.9. The van der Waals surface area contributed by atoms with Crippen molar-refractivity contribution in [3.8, 4) is 0 Å². The molecule has 0 unspecified atom stereocenters. The topological polar surface area (TPSA) is 870 Å². The van der Waals surface area contributed by atoms with Crippen LogP contribution in [0.4, 0.5) is 0 Å². The highest BCUT2D eigenvalue weighted by atomic mass is 16.4. The van der Waals surface area contributed by atoms with Gasteiger partial charge in [0.25, 0.3) is 0 Å². The Kier molecular flexibility index (Phi) is 50.2. The molecule has 0 aromatic rings. The molecule has 51 heteroatoms. The van der Waals surface area contributed by atoms with Crippen LogP contribution >= 0.6 is 0 Å². The van der Waals surface area contributed by atoms with Crippen LogP contribution in [-0.4, -0.2) is 274 Å². The van der Waals surface area contributed by atoms with Gasteiger partial charge in [0.2, 0.25) is 106 Å². The van der Waals surface area contributed by atoms with Crippen LogP contribution in [0.1, 0.15) is 165 Å². The van der Waals surface area contributed by atoms with Crippen LogP contribution in [0.25, 0.3) is 0 Å². The van der Waals surface area contributed by atoms with Gasteiger partial charge in [-0.2, -0.15) is 0 Å². The third kappa shape index (κ3) is 44.6. The van der Waals surface area contributed by atoms with E-state index in [-0.39, 0.29) is 88.7 Å². The summed E-state index contributed by atoms with van der Waals surface area (Å²) in [4.78, 5) is 297. The first-order chi connectivity index (χ1) is 56.9. The molecule has 686 valence electrons. The van der Waals surface area contributed by atoms with Crippen molar-refractivity contribution < 1.29 is 126 Å². The fourth-order valence-corrected chi connectivity index (χ4v) is 11.1. The molecule has 0 rings (SSSR count). The molecule has 0 aliphatic heterocycles. The molecule has 0 saturated carbocycles. The zero-order chi connectivity index (χ0) is 93.5. The van der Waals surface area contributed by atoms with Crippen molar-refractivity contribution in [2.24, 2.45) is 79.5 Å². The molecule has 0 heterocycles. The summed E-state index contributed by atoms with van der Waals surface area (Å²) in [6, 6.07) is -22.0. The predicted octanol–water partition coefficient (Wildman–Crippen LogP) is -11.3. The SMILES string of the molecule is CC[C@H](C)[C@H](NC(=O)[C@H](C)NC(=O)[C@H](CC(C)C)NC(=O)[C@H](CCC(N)=O)NC(=O)[C@H](CCCN=C(N)N)NC(=O)CNC(=O)[C@@H](NC(=O)[C@H](CCC(N)=O)NC(=O)CN)C(C)C)C(=O)N[C@H](C(=O)NCC(=O)N[C@@H](CC(=O)O)C(=O)N[C@@H](CC(=O)O)C(=O)N[C@@H](CCC(=O)O)C(=O)N[C@@H](CC(N)=O)C(=O)N[C@@H](CCCN=C(N)N)C(=O)O)[C@@H](C)CC. The number of hydrogen-bond acceptors (Lipinski definition) is 25. The Balaban J connectivity index is 6.78. The average Bonchev–Trinajstić information content (AvgIpc) is 0.864. The quantitative estimate of drug-likeness (QED) is 0.0153. The molecule has 0 aromatic carbocycles. The molecule has 0 aliphatic rings. The third-order valence-corrected chi connectivity index (χ3v) is 18.1. The van der Waals surface area contributed by atoms with Crippen LogP contribution in [0.15, 0.2) is 9.98 Å². The summed E-state index contributed by atoms with van der Waals surface area (Å²) in [6.07, 6.45) is -7.18. The van der Waals surface area contributed by atoms with Gasteiger partial charge in [0, 0.05) is 32.4 Å². The maximum Gasteiger partial charge on any atom is 0.326 e. The lowest BCUT2D eigenvalue weighted by Crippen LogP contribution is -2.61. The zero-order valence-electron chi connectivity index (χ0n) is 69.4. The lowest BCUT2D eigenvalue weighted by atomic mass is 9.94. The number of aliphatic carboxylic acids is 4. The molecule has 0 spiro atoms. The molecule has 15 atom stereocenters. The van der Waals surface area contributed by atoms with Gasteiger partial charge in [0.1, 0.15) is 78.5 Å². The van der Waals surface area contributed by atoms with Gasteiger partial charge in [-0.15, -0.1) is 0 Å². The lowest BCUT2D eigenvalue weighted by Gasteiger charge is -2.30. The standard InChI is InChI=1S/C71H121N25O26/c1-10-33(7)55(67(119)83-30-50(102)87-43(26-52(105)106)64(116)93-44(27-53(107)108)65(117)89-39(18-21-51(103)104)60(112)92-42(25-47(75)99)63(115)90-40(69(121)122)15-13-23-81-71(78)79)96-68(120)56(34(8)11-2)95-57(109)35(9)84-62(114)41(24-31(3)4)91-59(111)38(17-20-46(74)98)88-58(110)36(14-12-22-80-70(76)77)86-49(101)29-82-66(118)54(32(5)6)94-61(113)37(16-19-45(73)97)85-48(100)28-72/h31-44,54-56H,10-30,72H2,1-9H3,(H2,73,97)(H2,74,98)(H2,75,99)(H,82,118)(H,83,119)(H,84,114)(H,85,100)(H,86,101)(H,87,102)(H,88,110)(H,89,117)(H,90,115)(H,91,111)(H,92,112)(H,93,116)(H,94,113)(H,95,109)(H,96,120)(H,103,104)(H,105,106)(H,107,108)(H,121,122)(H4,76,77,80)(H4,78,79,81)/t33-,34-,35-,36-,37-,38-,39-,40-,41-,42-,43-,44-,54-,55-,56-/m0/s1. The molecule has 0 aromatic heterocycles. The fraction of sp³-hybridized carbons (Fsp3) is 0.662. The van der Waals surface area contributed by atoms with E-state index in [0.29, 0.717) is 0 Å². The number of hydrogen-bond donors (Lipinski definition) is 27. The maximum absolute atomic E-state index is 14.3. The lowest BCUT2D eigenvalue weighted by molar-refractivity contribution is -0.143. The minimum atomic E-state index is -2.27. The number of carboxylic acids is 4. The summed E-state index contributed by atoms with van der Waals surface area (Å²) >= 11 is 0. The number of carboxylic acid groups (broad SMARTS) is 4. The maximum atomic E-state index is 14.3. The van der Waals surface area contributed by atoms with E-state index in [4.69, 9.17) is 45.9 Å². The summed E-state index contributed by atoms with van der Waals surface area (Å²) < 4.78 is 0. The van der Waals surface area contributed by atoms with Gasteiger partial charge in [-0.05, 0) is 82.0 Å².